The molecule has 1 aliphatic carbocycles. The lowest BCUT2D eigenvalue weighted by molar-refractivity contribution is 0.288. The van der Waals surface area contributed by atoms with Gasteiger partial charge in [-0.2, -0.15) is 0 Å². The largest absolute Gasteiger partial charge is 0.379 e. The van der Waals surface area contributed by atoms with Crippen molar-refractivity contribution in [2.24, 2.45) is 0 Å². The molecule has 3 rings (SSSR count). The predicted octanol–water partition coefficient (Wildman–Crippen LogP) is 2.58. The van der Waals surface area contributed by atoms with Gasteiger partial charge in [0, 0.05) is 11.2 Å². The van der Waals surface area contributed by atoms with Gasteiger partial charge in [0.1, 0.15) is 0 Å². The van der Waals surface area contributed by atoms with Gasteiger partial charge in [-0.25, -0.2) is 0 Å². The maximum atomic E-state index is 3.65. The molecule has 2 aliphatic rings. The highest BCUT2D eigenvalue weighted by Crippen LogP contribution is 2.44. The lowest BCUT2D eigenvalue weighted by atomic mass is 9.75. The lowest BCUT2D eigenvalue weighted by Crippen LogP contribution is -2.43. The lowest BCUT2D eigenvalue weighted by Gasteiger charge is -2.38. The highest BCUT2D eigenvalue weighted by Gasteiger charge is 2.41. The Morgan fingerprint density at radius 2 is 2.00 bits per heavy atom. The summed E-state index contributed by atoms with van der Waals surface area (Å²) in [5, 5.41) is 3.65. The van der Waals surface area contributed by atoms with Gasteiger partial charge in [-0.15, -0.1) is 0 Å². The fourth-order valence-corrected chi connectivity index (χ4v) is 2.40. The molecule has 0 aromatic heterocycles. The van der Waals surface area contributed by atoms with Gasteiger partial charge in [0.25, 0.3) is 0 Å². The van der Waals surface area contributed by atoms with Crippen LogP contribution >= 0.6 is 0 Å². The van der Waals surface area contributed by atoms with E-state index >= 15 is 0 Å². The average Bonchev–Trinajstić information content (AvgIpc) is 2.42. The second-order valence-electron chi connectivity index (χ2n) is 4.09. The smallest absolute Gasteiger partial charge is 0.0414 e. The van der Waals surface area contributed by atoms with E-state index in [1.165, 1.54) is 36.9 Å². The minimum absolute atomic E-state index is 0.476. The second-order valence-corrected chi connectivity index (χ2v) is 4.09. The number of rotatable bonds is 0. The van der Waals surface area contributed by atoms with Crippen molar-refractivity contribution in [3.05, 3.63) is 29.8 Å². The molecule has 1 aromatic carbocycles. The van der Waals surface area contributed by atoms with Crippen molar-refractivity contribution >= 4 is 5.69 Å². The third-order valence-electron chi connectivity index (χ3n) is 3.26. The first kappa shape index (κ1) is 6.53. The van der Waals surface area contributed by atoms with Crippen LogP contribution in [0.5, 0.6) is 0 Å². The van der Waals surface area contributed by atoms with Crippen molar-refractivity contribution < 1.29 is 0 Å². The summed E-state index contributed by atoms with van der Waals surface area (Å²) in [5.74, 6) is 0. The van der Waals surface area contributed by atoms with E-state index in [0.29, 0.717) is 5.54 Å². The molecule has 0 saturated heterocycles. The Labute approximate surface area is 72.8 Å². The van der Waals surface area contributed by atoms with Gasteiger partial charge in [-0.05, 0) is 37.3 Å². The number of fused-ring (bicyclic) bond motifs is 1. The topological polar surface area (TPSA) is 12.0 Å². The highest BCUT2D eigenvalue weighted by molar-refractivity contribution is 5.59. The summed E-state index contributed by atoms with van der Waals surface area (Å²) in [7, 11) is 0. The average molecular weight is 159 g/mol. The van der Waals surface area contributed by atoms with E-state index in [-0.39, 0.29) is 0 Å². The third kappa shape index (κ3) is 0.739. The Morgan fingerprint density at radius 1 is 1.17 bits per heavy atom. The molecule has 1 aliphatic heterocycles. The standard InChI is InChI=1S/C11H13N/c1-2-5-10-9(4-1)8-11(12-10)6-3-7-11/h1-2,4-5,12H,3,6-8H2. The van der Waals surface area contributed by atoms with Crippen LogP contribution in [0, 0.1) is 0 Å². The molecule has 0 radical (unpaired) electrons. The van der Waals surface area contributed by atoms with E-state index in [1.807, 2.05) is 0 Å². The zero-order valence-corrected chi connectivity index (χ0v) is 7.14. The molecule has 1 aromatic rings. The number of nitrogens with one attached hydrogen (secondary N) is 1. The molecule has 1 heterocycles. The van der Waals surface area contributed by atoms with Gasteiger partial charge in [0.15, 0.2) is 0 Å². The van der Waals surface area contributed by atoms with Crippen LogP contribution in [0.1, 0.15) is 24.8 Å². The van der Waals surface area contributed by atoms with Gasteiger partial charge >= 0.3 is 0 Å². The van der Waals surface area contributed by atoms with E-state index in [1.54, 1.807) is 0 Å². The maximum Gasteiger partial charge on any atom is 0.0414 e. The molecule has 1 spiro atoms. The monoisotopic (exact) mass is 159 g/mol. The van der Waals surface area contributed by atoms with Crippen molar-refractivity contribution in [3.8, 4) is 0 Å². The number of anilines is 1. The molecular formula is C11H13N. The normalized spacial score (nSPS) is 23.0. The van der Waals surface area contributed by atoms with Crippen LogP contribution in [0.4, 0.5) is 5.69 Å². The summed E-state index contributed by atoms with van der Waals surface area (Å²) in [4.78, 5) is 0. The second kappa shape index (κ2) is 2.03. The molecule has 0 amide bonds. The number of para-hydroxylation sites is 1. The van der Waals surface area contributed by atoms with Crippen LogP contribution in [0.3, 0.4) is 0 Å². The molecule has 1 N–H and O–H groups in total. The zero-order chi connectivity index (χ0) is 8.02. The maximum absolute atomic E-state index is 3.65. The SMILES string of the molecule is c1ccc2c(c1)CC1(CCC1)N2. The van der Waals surface area contributed by atoms with Crippen LogP contribution in [0.25, 0.3) is 0 Å². The summed E-state index contributed by atoms with van der Waals surface area (Å²) in [6.45, 7) is 0. The van der Waals surface area contributed by atoms with Gasteiger partial charge in [0.05, 0.1) is 0 Å². The fourth-order valence-electron chi connectivity index (χ4n) is 2.40. The Kier molecular flexibility index (Phi) is 1.11. The van der Waals surface area contributed by atoms with Gasteiger partial charge in [-0.1, -0.05) is 18.2 Å². The summed E-state index contributed by atoms with van der Waals surface area (Å²) in [6, 6.07) is 8.69. The Morgan fingerprint density at radius 3 is 2.67 bits per heavy atom. The van der Waals surface area contributed by atoms with E-state index in [0.717, 1.165) is 0 Å². The number of benzene rings is 1. The minimum atomic E-state index is 0.476. The summed E-state index contributed by atoms with van der Waals surface area (Å²) in [6.07, 6.45) is 5.38. The third-order valence-corrected chi connectivity index (χ3v) is 3.26. The molecule has 0 unspecified atom stereocenters. The first-order valence-electron chi connectivity index (χ1n) is 4.74. The van der Waals surface area contributed by atoms with E-state index in [2.05, 4.69) is 29.6 Å². The van der Waals surface area contributed by atoms with E-state index < -0.39 is 0 Å². The first-order chi connectivity index (χ1) is 5.88. The van der Waals surface area contributed by atoms with Crippen molar-refractivity contribution in [1.82, 2.24) is 0 Å². The Balaban J connectivity index is 1.99. The molecule has 1 heteroatoms. The van der Waals surface area contributed by atoms with Crippen molar-refractivity contribution in [2.75, 3.05) is 5.32 Å². The Bertz CT molecular complexity index is 286. The van der Waals surface area contributed by atoms with Crippen molar-refractivity contribution in [3.63, 3.8) is 0 Å². The predicted molar refractivity (Wildman–Crippen MR) is 50.4 cm³/mol. The van der Waals surface area contributed by atoms with Crippen LogP contribution in [0.15, 0.2) is 24.3 Å². The molecule has 1 fully saturated rings. The number of hydrogen-bond acceptors (Lipinski definition) is 1. The zero-order valence-electron chi connectivity index (χ0n) is 7.14. The van der Waals surface area contributed by atoms with Crippen LogP contribution in [-0.2, 0) is 6.42 Å². The van der Waals surface area contributed by atoms with Crippen molar-refractivity contribution in [2.45, 2.75) is 31.2 Å². The van der Waals surface area contributed by atoms with Crippen LogP contribution in [-0.4, -0.2) is 5.54 Å². The molecule has 62 valence electrons. The van der Waals surface area contributed by atoms with Gasteiger partial charge in [-0.3, -0.25) is 0 Å². The highest BCUT2D eigenvalue weighted by atomic mass is 15.0. The summed E-state index contributed by atoms with van der Waals surface area (Å²) >= 11 is 0. The summed E-state index contributed by atoms with van der Waals surface area (Å²) < 4.78 is 0. The van der Waals surface area contributed by atoms with Crippen LogP contribution in [0.2, 0.25) is 0 Å². The van der Waals surface area contributed by atoms with Gasteiger partial charge in [0.2, 0.25) is 0 Å². The molecule has 1 nitrogen and oxygen atoms in total. The minimum Gasteiger partial charge on any atom is -0.379 e. The van der Waals surface area contributed by atoms with Gasteiger partial charge < -0.3 is 5.32 Å². The Hall–Kier alpha value is -0.980. The van der Waals surface area contributed by atoms with E-state index in [9.17, 15) is 0 Å². The molecule has 12 heavy (non-hydrogen) atoms. The quantitative estimate of drug-likeness (QED) is 0.613. The van der Waals surface area contributed by atoms with Crippen LogP contribution < -0.4 is 5.32 Å². The number of hydrogen-bond donors (Lipinski definition) is 1. The first-order valence-corrected chi connectivity index (χ1v) is 4.74. The summed E-state index contributed by atoms with van der Waals surface area (Å²) in [5.41, 5.74) is 3.36. The van der Waals surface area contributed by atoms with E-state index in [4.69, 9.17) is 0 Å². The molecule has 0 bridgehead atoms. The van der Waals surface area contributed by atoms with Crippen molar-refractivity contribution in [1.29, 1.82) is 0 Å². The molecule has 0 atom stereocenters. The molecular weight excluding hydrogens is 146 g/mol. The molecule has 1 saturated carbocycles. The fraction of sp³-hybridized carbons (Fsp3) is 0.455.